The van der Waals surface area contributed by atoms with Gasteiger partial charge in [-0.25, -0.2) is 0 Å². The van der Waals surface area contributed by atoms with Gasteiger partial charge in [0.2, 0.25) is 0 Å². The molecule has 0 nitrogen and oxygen atoms in total. The molecule has 0 radical (unpaired) electrons. The second kappa shape index (κ2) is 5.14. The number of hydrogen-bond donors (Lipinski definition) is 0. The van der Waals surface area contributed by atoms with Crippen LogP contribution in [0.2, 0.25) is 0 Å². The minimum absolute atomic E-state index is 0.223. The van der Waals surface area contributed by atoms with Crippen LogP contribution in [0.15, 0.2) is 59.8 Å². The maximum Gasteiger partial charge on any atom is 0.0211 e. The Morgan fingerprint density at radius 1 is 1.00 bits per heavy atom. The summed E-state index contributed by atoms with van der Waals surface area (Å²) in [4.78, 5) is 0. The van der Waals surface area contributed by atoms with Crippen molar-refractivity contribution in [3.63, 3.8) is 0 Å². The normalized spacial score (nSPS) is 23.2. The maximum atomic E-state index is 4.08. The first-order valence-electron chi connectivity index (χ1n) is 7.05. The molecule has 0 aromatic rings. The summed E-state index contributed by atoms with van der Waals surface area (Å²) in [5.41, 5.74) is 5.89. The van der Waals surface area contributed by atoms with Gasteiger partial charge >= 0.3 is 0 Å². The molecule has 0 heteroatoms. The van der Waals surface area contributed by atoms with E-state index in [1.807, 2.05) is 0 Å². The second-order valence-corrected chi connectivity index (χ2v) is 5.42. The largest absolute Gasteiger partial charge is 0.0987 e. The highest BCUT2D eigenvalue weighted by Crippen LogP contribution is 2.56. The molecule has 0 heterocycles. The van der Waals surface area contributed by atoms with Crippen molar-refractivity contribution in [2.45, 2.75) is 46.0 Å². The molecule has 2 aliphatic carbocycles. The molecule has 0 N–H and O–H groups in total. The van der Waals surface area contributed by atoms with Crippen molar-refractivity contribution in [1.29, 1.82) is 0 Å². The molecule has 1 spiro atoms. The molecule has 2 rings (SSSR count). The zero-order valence-electron chi connectivity index (χ0n) is 11.8. The zero-order valence-corrected chi connectivity index (χ0v) is 11.8. The van der Waals surface area contributed by atoms with Gasteiger partial charge in [0, 0.05) is 5.41 Å². The first kappa shape index (κ1) is 13.1. The topological polar surface area (TPSA) is 0 Å². The third-order valence-corrected chi connectivity index (χ3v) is 4.58. The first-order chi connectivity index (χ1) is 8.71. The third-order valence-electron chi connectivity index (χ3n) is 4.58. The van der Waals surface area contributed by atoms with Crippen molar-refractivity contribution >= 4 is 0 Å². The van der Waals surface area contributed by atoms with Crippen LogP contribution < -0.4 is 0 Å². The zero-order chi connectivity index (χ0) is 13.2. The highest BCUT2D eigenvalue weighted by molar-refractivity contribution is 5.63. The Kier molecular flexibility index (Phi) is 3.75. The summed E-state index contributed by atoms with van der Waals surface area (Å²) in [6, 6.07) is 0. The summed E-state index contributed by atoms with van der Waals surface area (Å²) >= 11 is 0. The molecule has 0 atom stereocenters. The predicted molar refractivity (Wildman–Crippen MR) is 80.5 cm³/mol. The second-order valence-electron chi connectivity index (χ2n) is 5.42. The van der Waals surface area contributed by atoms with Crippen LogP contribution in [0.25, 0.3) is 0 Å². The van der Waals surface area contributed by atoms with Gasteiger partial charge < -0.3 is 0 Å². The molecule has 0 aromatic carbocycles. The lowest BCUT2D eigenvalue weighted by atomic mass is 9.66. The number of allylic oxidation sites excluding steroid dienone is 8. The van der Waals surface area contributed by atoms with Gasteiger partial charge in [-0.1, -0.05) is 56.7 Å². The highest BCUT2D eigenvalue weighted by atomic mass is 14.5. The monoisotopic (exact) mass is 240 g/mol. The van der Waals surface area contributed by atoms with E-state index in [-0.39, 0.29) is 5.41 Å². The van der Waals surface area contributed by atoms with Gasteiger partial charge in [-0.15, -0.1) is 0 Å². The van der Waals surface area contributed by atoms with Gasteiger partial charge in [-0.3, -0.25) is 0 Å². The van der Waals surface area contributed by atoms with E-state index in [1.165, 1.54) is 54.4 Å². The number of hydrogen-bond acceptors (Lipinski definition) is 0. The van der Waals surface area contributed by atoms with Crippen LogP contribution >= 0.6 is 0 Å². The van der Waals surface area contributed by atoms with Gasteiger partial charge in [-0.05, 0) is 49.0 Å². The quantitative estimate of drug-likeness (QED) is 0.610. The fourth-order valence-electron chi connectivity index (χ4n) is 3.84. The third kappa shape index (κ3) is 1.75. The molecular weight excluding hydrogens is 216 g/mol. The fraction of sp³-hybridized carbons (Fsp3) is 0.444. The SMILES string of the molecule is C=CC1=C(C)C(/C=C\C)=C(C=C)C12CCCCC2. The molecule has 0 aliphatic heterocycles. The first-order valence-corrected chi connectivity index (χ1v) is 7.05. The lowest BCUT2D eigenvalue weighted by Crippen LogP contribution is -2.25. The molecule has 96 valence electrons. The van der Waals surface area contributed by atoms with E-state index >= 15 is 0 Å². The molecule has 0 saturated heterocycles. The van der Waals surface area contributed by atoms with Crippen LogP contribution in [0.5, 0.6) is 0 Å². The standard InChI is InChI=1S/C18H24/c1-5-11-15-14(4)16(6-2)18(17(15)7-3)12-9-8-10-13-18/h5-7,11H,2-3,8-10,12-13H2,1,4H3/b11-5-. The van der Waals surface area contributed by atoms with Crippen molar-refractivity contribution in [1.82, 2.24) is 0 Å². The molecule has 1 saturated carbocycles. The van der Waals surface area contributed by atoms with E-state index < -0.39 is 0 Å². The summed E-state index contributed by atoms with van der Waals surface area (Å²) in [6.07, 6.45) is 15.1. The Hall–Kier alpha value is -1.30. The molecule has 1 fully saturated rings. The van der Waals surface area contributed by atoms with E-state index in [1.54, 1.807) is 0 Å². The van der Waals surface area contributed by atoms with Crippen LogP contribution in [0.4, 0.5) is 0 Å². The van der Waals surface area contributed by atoms with Gasteiger partial charge in [0.05, 0.1) is 0 Å². The molecular formula is C18H24. The average molecular weight is 240 g/mol. The van der Waals surface area contributed by atoms with Crippen LogP contribution in [-0.4, -0.2) is 0 Å². The Bertz CT molecular complexity index is 448. The summed E-state index contributed by atoms with van der Waals surface area (Å²) in [5, 5.41) is 0. The predicted octanol–water partition coefficient (Wildman–Crippen LogP) is 5.51. The van der Waals surface area contributed by atoms with Crippen LogP contribution in [0, 0.1) is 5.41 Å². The fourth-order valence-corrected chi connectivity index (χ4v) is 3.84. The van der Waals surface area contributed by atoms with Crippen LogP contribution in [-0.2, 0) is 0 Å². The van der Waals surface area contributed by atoms with E-state index in [2.05, 4.69) is 51.3 Å². The van der Waals surface area contributed by atoms with Crippen molar-refractivity contribution in [3.8, 4) is 0 Å². The lowest BCUT2D eigenvalue weighted by Gasteiger charge is -2.37. The van der Waals surface area contributed by atoms with Crippen molar-refractivity contribution < 1.29 is 0 Å². The van der Waals surface area contributed by atoms with Gasteiger partial charge in [0.1, 0.15) is 0 Å². The van der Waals surface area contributed by atoms with E-state index in [0.29, 0.717) is 0 Å². The van der Waals surface area contributed by atoms with Gasteiger partial charge in [-0.2, -0.15) is 0 Å². The Labute approximate surface area is 111 Å². The number of rotatable bonds is 3. The summed E-state index contributed by atoms with van der Waals surface area (Å²) in [5.74, 6) is 0. The smallest absolute Gasteiger partial charge is 0.0211 e. The summed E-state index contributed by atoms with van der Waals surface area (Å²) < 4.78 is 0. The van der Waals surface area contributed by atoms with Gasteiger partial charge in [0.25, 0.3) is 0 Å². The molecule has 0 aromatic heterocycles. The van der Waals surface area contributed by atoms with Crippen molar-refractivity contribution in [3.05, 3.63) is 59.8 Å². The maximum absolute atomic E-state index is 4.08. The van der Waals surface area contributed by atoms with Crippen molar-refractivity contribution in [2.24, 2.45) is 5.41 Å². The average Bonchev–Trinajstić information content (AvgIpc) is 2.60. The summed E-state index contributed by atoms with van der Waals surface area (Å²) in [6.45, 7) is 12.5. The molecule has 18 heavy (non-hydrogen) atoms. The Morgan fingerprint density at radius 3 is 2.11 bits per heavy atom. The van der Waals surface area contributed by atoms with E-state index in [0.717, 1.165) is 0 Å². The van der Waals surface area contributed by atoms with Crippen LogP contribution in [0.3, 0.4) is 0 Å². The van der Waals surface area contributed by atoms with E-state index in [9.17, 15) is 0 Å². The Balaban J connectivity index is 2.61. The molecule has 0 amide bonds. The molecule has 0 unspecified atom stereocenters. The van der Waals surface area contributed by atoms with Gasteiger partial charge in [0.15, 0.2) is 0 Å². The minimum Gasteiger partial charge on any atom is -0.0987 e. The highest BCUT2D eigenvalue weighted by Gasteiger charge is 2.43. The minimum atomic E-state index is 0.223. The van der Waals surface area contributed by atoms with Crippen molar-refractivity contribution in [2.75, 3.05) is 0 Å². The summed E-state index contributed by atoms with van der Waals surface area (Å²) in [7, 11) is 0. The Morgan fingerprint density at radius 2 is 1.61 bits per heavy atom. The molecule has 0 bridgehead atoms. The van der Waals surface area contributed by atoms with Crippen LogP contribution in [0.1, 0.15) is 46.0 Å². The lowest BCUT2D eigenvalue weighted by molar-refractivity contribution is 0.304. The molecule has 2 aliphatic rings. The van der Waals surface area contributed by atoms with E-state index in [4.69, 9.17) is 0 Å².